The van der Waals surface area contributed by atoms with Gasteiger partial charge in [-0.1, -0.05) is 11.6 Å². The number of carboxylic acid groups (broad SMARTS) is 1. The monoisotopic (exact) mass is 498 g/mol. The van der Waals surface area contributed by atoms with Crippen LogP contribution in [0.15, 0.2) is 41.2 Å². The normalized spacial score (nSPS) is 16.2. The Morgan fingerprint density at radius 3 is 2.67 bits per heavy atom. The third-order valence-corrected chi connectivity index (χ3v) is 6.88. The van der Waals surface area contributed by atoms with Gasteiger partial charge in [-0.25, -0.2) is 14.8 Å². The molecule has 1 aromatic carbocycles. The Kier molecular flexibility index (Phi) is 6.94. The Balaban J connectivity index is 1.45. The number of amides is 1. The molecule has 2 aromatic heterocycles. The van der Waals surface area contributed by atoms with E-state index in [2.05, 4.69) is 9.97 Å². The van der Waals surface area contributed by atoms with Crippen molar-refractivity contribution >= 4 is 45.8 Å². The Hall–Kier alpha value is -2.59. The summed E-state index contributed by atoms with van der Waals surface area (Å²) in [5.41, 5.74) is 2.75. The molecule has 1 N–H and O–H groups in total. The lowest BCUT2D eigenvalue weighted by atomic mass is 9.83. The average Bonchev–Trinajstić information content (AvgIpc) is 3.28. The van der Waals surface area contributed by atoms with Crippen LogP contribution in [0.5, 0.6) is 0 Å². The molecule has 1 saturated heterocycles. The number of hydrogen-bond acceptors (Lipinski definition) is 5. The van der Waals surface area contributed by atoms with Gasteiger partial charge < -0.3 is 14.9 Å². The van der Waals surface area contributed by atoms with E-state index in [0.29, 0.717) is 42.5 Å². The number of thiazole rings is 1. The predicted octanol–water partition coefficient (Wildman–Crippen LogP) is 5.92. The van der Waals surface area contributed by atoms with Gasteiger partial charge in [0.2, 0.25) is 0 Å². The van der Waals surface area contributed by atoms with Crippen molar-refractivity contribution in [1.82, 2.24) is 14.9 Å². The molecule has 33 heavy (non-hydrogen) atoms. The molecule has 1 aliphatic rings. The van der Waals surface area contributed by atoms with Gasteiger partial charge in [0.25, 0.3) is 0 Å². The van der Waals surface area contributed by atoms with Crippen LogP contribution in [0.3, 0.4) is 0 Å². The summed E-state index contributed by atoms with van der Waals surface area (Å²) >= 11 is 7.29. The Morgan fingerprint density at radius 2 is 2.03 bits per heavy atom. The van der Waals surface area contributed by atoms with Crippen LogP contribution in [-0.4, -0.2) is 51.9 Å². The molecule has 1 atom stereocenters. The zero-order valence-corrected chi connectivity index (χ0v) is 19.1. The molecule has 0 aliphatic carbocycles. The highest BCUT2D eigenvalue weighted by atomic mass is 35.5. The van der Waals surface area contributed by atoms with E-state index >= 15 is 0 Å². The van der Waals surface area contributed by atoms with Gasteiger partial charge >= 0.3 is 12.3 Å². The van der Waals surface area contributed by atoms with E-state index < -0.39 is 30.7 Å². The van der Waals surface area contributed by atoms with E-state index in [1.807, 2.05) is 29.2 Å². The lowest BCUT2D eigenvalue weighted by Crippen LogP contribution is -2.46. The van der Waals surface area contributed by atoms with Crippen LogP contribution >= 0.6 is 22.9 Å². The second-order valence-corrected chi connectivity index (χ2v) is 9.28. The van der Waals surface area contributed by atoms with Crippen molar-refractivity contribution in [3.63, 3.8) is 0 Å². The molecule has 4 rings (SSSR count). The van der Waals surface area contributed by atoms with Crippen molar-refractivity contribution in [3.8, 4) is 0 Å². The highest BCUT2D eigenvalue weighted by Crippen LogP contribution is 2.39. The molecule has 3 heterocycles. The van der Waals surface area contributed by atoms with Crippen LogP contribution < -0.4 is 4.90 Å². The fourth-order valence-electron chi connectivity index (χ4n) is 4.27. The number of benzene rings is 1. The molecule has 0 bridgehead atoms. The first-order valence-corrected chi connectivity index (χ1v) is 11.8. The maximum Gasteiger partial charge on any atom is 0.407 e. The summed E-state index contributed by atoms with van der Waals surface area (Å²) in [7, 11) is 0. The fourth-order valence-corrected chi connectivity index (χ4v) is 5.00. The number of piperidine rings is 1. The molecular weight excluding hydrogens is 477 g/mol. The van der Waals surface area contributed by atoms with Gasteiger partial charge in [0, 0.05) is 35.4 Å². The molecule has 1 fully saturated rings. The van der Waals surface area contributed by atoms with Crippen LogP contribution in [0.1, 0.15) is 18.5 Å². The van der Waals surface area contributed by atoms with Crippen molar-refractivity contribution in [2.75, 3.05) is 24.5 Å². The second kappa shape index (κ2) is 9.72. The number of alkyl halides is 3. The minimum Gasteiger partial charge on any atom is -0.465 e. The first-order valence-electron chi connectivity index (χ1n) is 10.4. The Labute approximate surface area is 197 Å². The van der Waals surface area contributed by atoms with Crippen molar-refractivity contribution in [2.24, 2.45) is 11.8 Å². The quantitative estimate of drug-likeness (QED) is 0.457. The highest BCUT2D eigenvalue weighted by Gasteiger charge is 2.46. The summed E-state index contributed by atoms with van der Waals surface area (Å²) < 4.78 is 41.9. The molecule has 0 spiro atoms. The molecule has 11 heteroatoms. The summed E-state index contributed by atoms with van der Waals surface area (Å²) in [6.45, 7) is 0.0797. The minimum absolute atomic E-state index is 0.157. The van der Waals surface area contributed by atoms with Crippen LogP contribution in [-0.2, 0) is 6.54 Å². The molecular formula is C22H22ClF3N4O2S. The number of pyridine rings is 1. The number of rotatable bonds is 6. The first kappa shape index (κ1) is 23.6. The summed E-state index contributed by atoms with van der Waals surface area (Å²) in [6, 6.07) is 9.13. The van der Waals surface area contributed by atoms with Crippen LogP contribution in [0.25, 0.3) is 10.9 Å². The van der Waals surface area contributed by atoms with Crippen molar-refractivity contribution in [3.05, 3.63) is 51.9 Å². The van der Waals surface area contributed by atoms with Crippen LogP contribution in [0, 0.1) is 11.8 Å². The predicted molar refractivity (Wildman–Crippen MR) is 122 cm³/mol. The molecule has 0 radical (unpaired) electrons. The largest absolute Gasteiger partial charge is 0.465 e. The summed E-state index contributed by atoms with van der Waals surface area (Å²) in [5.74, 6) is -1.69. The van der Waals surface area contributed by atoms with Gasteiger partial charge in [0.05, 0.1) is 29.2 Å². The topological polar surface area (TPSA) is 69.6 Å². The number of carbonyl (C=O) groups is 1. The number of fused-ring (bicyclic) bond motifs is 1. The molecule has 1 amide bonds. The number of aromatic nitrogens is 2. The van der Waals surface area contributed by atoms with E-state index in [9.17, 15) is 23.1 Å². The van der Waals surface area contributed by atoms with Gasteiger partial charge in [-0.05, 0) is 49.1 Å². The molecule has 1 unspecified atom stereocenters. The standard InChI is InChI=1S/C22H22ClF3N4O2S/c23-16-2-3-19-15(9-16)1-4-20(28-19)29-7-5-14(6-8-29)18(22(24,25)26)11-30(21(31)32)10-17-12-33-13-27-17/h1-4,9,12-14,18H,5-8,10-11H2,(H,31,32). The van der Waals surface area contributed by atoms with E-state index in [-0.39, 0.29) is 6.54 Å². The first-order chi connectivity index (χ1) is 15.7. The lowest BCUT2D eigenvalue weighted by Gasteiger charge is -2.38. The van der Waals surface area contributed by atoms with Crippen molar-refractivity contribution in [2.45, 2.75) is 25.6 Å². The van der Waals surface area contributed by atoms with Gasteiger partial charge in [-0.15, -0.1) is 11.3 Å². The molecule has 0 saturated carbocycles. The summed E-state index contributed by atoms with van der Waals surface area (Å²) in [5, 5.41) is 12.6. The smallest absolute Gasteiger partial charge is 0.407 e. The third-order valence-electron chi connectivity index (χ3n) is 6.01. The minimum atomic E-state index is -4.50. The molecule has 1 aliphatic heterocycles. The molecule has 6 nitrogen and oxygen atoms in total. The number of halogens is 4. The fraction of sp³-hybridized carbons (Fsp3) is 0.409. The summed E-state index contributed by atoms with van der Waals surface area (Å²) in [4.78, 5) is 23.1. The number of hydrogen-bond donors (Lipinski definition) is 1. The molecule has 3 aromatic rings. The highest BCUT2D eigenvalue weighted by molar-refractivity contribution is 7.07. The number of nitrogens with zero attached hydrogens (tertiary/aromatic N) is 4. The number of anilines is 1. The van der Waals surface area contributed by atoms with E-state index in [4.69, 9.17) is 11.6 Å². The van der Waals surface area contributed by atoms with Gasteiger partial charge in [-0.3, -0.25) is 0 Å². The molecule has 176 valence electrons. The van der Waals surface area contributed by atoms with Crippen LogP contribution in [0.4, 0.5) is 23.8 Å². The van der Waals surface area contributed by atoms with Crippen LogP contribution in [0.2, 0.25) is 5.02 Å². The maximum absolute atomic E-state index is 14.0. The van der Waals surface area contributed by atoms with E-state index in [1.54, 1.807) is 11.4 Å². The van der Waals surface area contributed by atoms with Crippen molar-refractivity contribution < 1.29 is 23.1 Å². The van der Waals surface area contributed by atoms with Gasteiger partial charge in [0.1, 0.15) is 5.82 Å². The van der Waals surface area contributed by atoms with Crippen molar-refractivity contribution in [1.29, 1.82) is 0 Å². The zero-order valence-electron chi connectivity index (χ0n) is 17.5. The van der Waals surface area contributed by atoms with E-state index in [1.165, 1.54) is 16.8 Å². The van der Waals surface area contributed by atoms with E-state index in [0.717, 1.165) is 15.8 Å². The maximum atomic E-state index is 14.0. The van der Waals surface area contributed by atoms with Gasteiger partial charge in [0.15, 0.2) is 0 Å². The lowest BCUT2D eigenvalue weighted by molar-refractivity contribution is -0.194. The summed E-state index contributed by atoms with van der Waals surface area (Å²) in [6.07, 6.45) is -5.28. The third kappa shape index (κ3) is 5.67. The Morgan fingerprint density at radius 1 is 1.27 bits per heavy atom. The second-order valence-electron chi connectivity index (χ2n) is 8.12. The average molecular weight is 499 g/mol. The zero-order chi connectivity index (χ0) is 23.6. The van der Waals surface area contributed by atoms with Gasteiger partial charge in [-0.2, -0.15) is 13.2 Å². The SMILES string of the molecule is O=C(O)N(Cc1cscn1)CC(C1CCN(c2ccc3cc(Cl)ccc3n2)CC1)C(F)(F)F. The Bertz CT molecular complexity index is 1100.